The average Bonchev–Trinajstić information content (AvgIpc) is 3.53. The molecule has 0 saturated heterocycles. The molecule has 0 radical (unpaired) electrons. The summed E-state index contributed by atoms with van der Waals surface area (Å²) in [6, 6.07) is -0.538. The van der Waals surface area contributed by atoms with Gasteiger partial charge >= 0.3 is 5.97 Å². The van der Waals surface area contributed by atoms with Crippen molar-refractivity contribution in [2.24, 2.45) is 0 Å². The number of rotatable bonds is 77. The number of aliphatic hydroxyl groups is 2. The van der Waals surface area contributed by atoms with Crippen molar-refractivity contribution in [3.05, 3.63) is 12.2 Å². The molecule has 0 aliphatic carbocycles. The first-order chi connectivity index (χ1) is 43.0. The molecule has 0 aliphatic heterocycles. The van der Waals surface area contributed by atoms with Gasteiger partial charge in [0.05, 0.1) is 25.4 Å². The van der Waals surface area contributed by atoms with Crippen LogP contribution in [0.3, 0.4) is 0 Å². The number of hydrogen-bond acceptors (Lipinski definition) is 5. The van der Waals surface area contributed by atoms with Crippen molar-refractivity contribution >= 4 is 11.9 Å². The van der Waals surface area contributed by atoms with E-state index in [-0.39, 0.29) is 18.5 Å². The molecule has 0 aromatic rings. The lowest BCUT2D eigenvalue weighted by Gasteiger charge is -2.22. The van der Waals surface area contributed by atoms with Crippen LogP contribution in [0.4, 0.5) is 0 Å². The normalized spacial score (nSPS) is 12.5. The van der Waals surface area contributed by atoms with Crippen molar-refractivity contribution in [1.29, 1.82) is 0 Å². The van der Waals surface area contributed by atoms with Gasteiger partial charge < -0.3 is 20.3 Å². The number of esters is 1. The third-order valence-electron chi connectivity index (χ3n) is 19.3. The number of ether oxygens (including phenoxy) is 1. The molecule has 0 spiro atoms. The number of unbranched alkanes of at least 4 members (excludes halogenated alkanes) is 64. The molecular formula is C81H159NO5. The van der Waals surface area contributed by atoms with Crippen LogP contribution in [0, 0.1) is 0 Å². The van der Waals surface area contributed by atoms with Gasteiger partial charge in [0, 0.05) is 12.8 Å². The minimum Gasteiger partial charge on any atom is -0.466 e. The molecule has 87 heavy (non-hydrogen) atoms. The van der Waals surface area contributed by atoms with Gasteiger partial charge in [0.25, 0.3) is 0 Å². The molecule has 0 saturated carbocycles. The van der Waals surface area contributed by atoms with E-state index in [0.29, 0.717) is 25.9 Å². The van der Waals surface area contributed by atoms with E-state index in [4.69, 9.17) is 4.74 Å². The van der Waals surface area contributed by atoms with Gasteiger partial charge in [0.1, 0.15) is 0 Å². The highest BCUT2D eigenvalue weighted by Crippen LogP contribution is 2.20. The van der Waals surface area contributed by atoms with Crippen LogP contribution in [0.2, 0.25) is 0 Å². The van der Waals surface area contributed by atoms with Crippen molar-refractivity contribution in [3.8, 4) is 0 Å². The van der Waals surface area contributed by atoms with E-state index in [1.165, 1.54) is 398 Å². The fourth-order valence-electron chi connectivity index (χ4n) is 13.2. The van der Waals surface area contributed by atoms with Gasteiger partial charge in [0.15, 0.2) is 0 Å². The van der Waals surface area contributed by atoms with E-state index in [1.54, 1.807) is 0 Å². The zero-order valence-corrected chi connectivity index (χ0v) is 59.5. The summed E-state index contributed by atoms with van der Waals surface area (Å²) in [6.07, 6.45) is 97.4. The van der Waals surface area contributed by atoms with E-state index >= 15 is 0 Å². The van der Waals surface area contributed by atoms with Gasteiger partial charge in [-0.1, -0.05) is 418 Å². The zero-order chi connectivity index (χ0) is 62.8. The van der Waals surface area contributed by atoms with Crippen molar-refractivity contribution < 1.29 is 24.5 Å². The Labute approximate surface area is 546 Å². The summed E-state index contributed by atoms with van der Waals surface area (Å²) in [5.41, 5.74) is 0. The maximum Gasteiger partial charge on any atom is 0.305 e. The Morgan fingerprint density at radius 2 is 0.540 bits per heavy atom. The summed E-state index contributed by atoms with van der Waals surface area (Å²) < 4.78 is 5.52. The minimum atomic E-state index is -0.661. The van der Waals surface area contributed by atoms with Gasteiger partial charge in [-0.15, -0.1) is 0 Å². The monoisotopic (exact) mass is 1230 g/mol. The molecule has 2 atom stereocenters. The number of hydrogen-bond donors (Lipinski definition) is 3. The maximum atomic E-state index is 12.6. The number of aliphatic hydroxyl groups excluding tert-OH is 2. The van der Waals surface area contributed by atoms with Gasteiger partial charge in [-0.2, -0.15) is 0 Å². The lowest BCUT2D eigenvalue weighted by atomic mass is 10.0. The summed E-state index contributed by atoms with van der Waals surface area (Å²) >= 11 is 0. The Hall–Kier alpha value is -1.40. The van der Waals surface area contributed by atoms with E-state index in [9.17, 15) is 19.8 Å². The Kier molecular flexibility index (Phi) is 75.8. The molecule has 1 amide bonds. The highest BCUT2D eigenvalue weighted by atomic mass is 16.5. The van der Waals surface area contributed by atoms with Crippen LogP contribution in [-0.4, -0.2) is 47.4 Å². The fraction of sp³-hybridized carbons (Fsp3) is 0.951. The fourth-order valence-corrected chi connectivity index (χ4v) is 13.2. The highest BCUT2D eigenvalue weighted by molar-refractivity contribution is 5.76. The SMILES string of the molecule is CCCCCCCCC/C=C\CCCCCCCCCC(=O)OCCCCCCCCCCCCCCCCCCCCCCCCCCCCCCCCCCC(=O)NC(CO)C(O)CCCCCCCCCCCCCCCCCCCCCC. The quantitative estimate of drug-likeness (QED) is 0.0320. The average molecular weight is 1230 g/mol. The lowest BCUT2D eigenvalue weighted by molar-refractivity contribution is -0.143. The van der Waals surface area contributed by atoms with E-state index in [0.717, 1.165) is 38.5 Å². The molecule has 518 valence electrons. The van der Waals surface area contributed by atoms with Crippen LogP contribution in [-0.2, 0) is 14.3 Å². The summed E-state index contributed by atoms with van der Waals surface area (Å²) in [6.45, 7) is 5.01. The molecule has 0 aliphatic rings. The molecule has 0 bridgehead atoms. The second kappa shape index (κ2) is 77.1. The number of nitrogens with one attached hydrogen (secondary N) is 1. The molecule has 2 unspecified atom stereocenters. The summed E-state index contributed by atoms with van der Waals surface area (Å²) in [4.78, 5) is 24.7. The zero-order valence-electron chi connectivity index (χ0n) is 59.5. The standard InChI is InChI=1S/C81H159NO5/c1-3-5-7-9-11-13-15-17-19-21-23-38-41-45-49-53-57-61-65-69-73-79(84)78(77-83)82-80(85)74-70-66-62-58-54-50-46-42-39-36-34-32-30-28-26-24-25-27-29-31-33-35-37-40-44-48-52-56-60-64-68-72-76-87-81(86)75-71-67-63-59-55-51-47-43-22-20-18-16-14-12-10-8-6-4-2/h20,22,78-79,83-84H,3-19,21,23-77H2,1-2H3,(H,82,85)/b22-20-. The molecule has 0 heterocycles. The van der Waals surface area contributed by atoms with Crippen LogP contribution in [0.25, 0.3) is 0 Å². The first-order valence-corrected chi connectivity index (χ1v) is 40.4. The number of amides is 1. The third-order valence-corrected chi connectivity index (χ3v) is 19.3. The van der Waals surface area contributed by atoms with E-state index in [2.05, 4.69) is 31.3 Å². The minimum absolute atomic E-state index is 0.0197. The number of carbonyl (C=O) groups excluding carboxylic acids is 2. The highest BCUT2D eigenvalue weighted by Gasteiger charge is 2.20. The summed E-state index contributed by atoms with van der Waals surface area (Å²) in [5, 5.41) is 23.4. The first kappa shape index (κ1) is 85.6. The van der Waals surface area contributed by atoms with Crippen LogP contribution in [0.15, 0.2) is 12.2 Å². The maximum absolute atomic E-state index is 12.6. The molecular weight excluding hydrogens is 1070 g/mol. The molecule has 0 rings (SSSR count). The molecule has 0 fully saturated rings. The van der Waals surface area contributed by atoms with Gasteiger partial charge in [-0.25, -0.2) is 0 Å². The largest absolute Gasteiger partial charge is 0.466 e. The molecule has 0 aromatic heterocycles. The smallest absolute Gasteiger partial charge is 0.305 e. The second-order valence-electron chi connectivity index (χ2n) is 28.1. The molecule has 6 nitrogen and oxygen atoms in total. The van der Waals surface area contributed by atoms with Gasteiger partial charge in [-0.3, -0.25) is 9.59 Å². The van der Waals surface area contributed by atoms with Gasteiger partial charge in [-0.05, 0) is 51.4 Å². The van der Waals surface area contributed by atoms with Crippen LogP contribution < -0.4 is 5.32 Å². The van der Waals surface area contributed by atoms with Crippen molar-refractivity contribution in [1.82, 2.24) is 5.32 Å². The molecule has 0 aromatic carbocycles. The van der Waals surface area contributed by atoms with Crippen molar-refractivity contribution in [2.45, 2.75) is 482 Å². The summed E-state index contributed by atoms with van der Waals surface area (Å²) in [7, 11) is 0. The Morgan fingerprint density at radius 3 is 0.816 bits per heavy atom. The van der Waals surface area contributed by atoms with Crippen molar-refractivity contribution in [3.63, 3.8) is 0 Å². The molecule has 3 N–H and O–H groups in total. The first-order valence-electron chi connectivity index (χ1n) is 40.4. The van der Waals surface area contributed by atoms with E-state index in [1.807, 2.05) is 0 Å². The van der Waals surface area contributed by atoms with E-state index < -0.39 is 12.1 Å². The van der Waals surface area contributed by atoms with Gasteiger partial charge in [0.2, 0.25) is 5.91 Å². The second-order valence-corrected chi connectivity index (χ2v) is 28.1. The lowest BCUT2D eigenvalue weighted by Crippen LogP contribution is -2.45. The Morgan fingerprint density at radius 1 is 0.310 bits per heavy atom. The topological polar surface area (TPSA) is 95.9 Å². The van der Waals surface area contributed by atoms with Crippen LogP contribution in [0.5, 0.6) is 0 Å². The third kappa shape index (κ3) is 73.5. The predicted molar refractivity (Wildman–Crippen MR) is 384 cm³/mol. The van der Waals surface area contributed by atoms with Crippen LogP contribution in [0.1, 0.15) is 470 Å². The Bertz CT molecular complexity index is 1320. The summed E-state index contributed by atoms with van der Waals surface area (Å²) in [5.74, 6) is -0.00521. The molecule has 6 heteroatoms. The Balaban J connectivity index is 3.31. The number of allylic oxidation sites excluding steroid dienone is 2. The predicted octanol–water partition coefficient (Wildman–Crippen LogP) is 26.7. The van der Waals surface area contributed by atoms with Crippen molar-refractivity contribution in [2.75, 3.05) is 13.2 Å². The number of carbonyl (C=O) groups is 2. The van der Waals surface area contributed by atoms with Crippen LogP contribution >= 0.6 is 0 Å².